The van der Waals surface area contributed by atoms with E-state index >= 15 is 0 Å². The maximum Gasteiger partial charge on any atom is 0.328 e. The van der Waals surface area contributed by atoms with Gasteiger partial charge in [-0.3, -0.25) is 15.1 Å². The molecule has 0 bridgehead atoms. The van der Waals surface area contributed by atoms with Gasteiger partial charge in [-0.2, -0.15) is 4.98 Å². The van der Waals surface area contributed by atoms with Gasteiger partial charge < -0.3 is 9.84 Å². The molecule has 0 unspecified atom stereocenters. The highest BCUT2D eigenvalue weighted by atomic mass is 16.5. The lowest BCUT2D eigenvalue weighted by Crippen LogP contribution is -2.14. The molecule has 2 aromatic heterocycles. The van der Waals surface area contributed by atoms with E-state index in [1.807, 2.05) is 6.07 Å². The Balaban J connectivity index is 2.06. The minimum atomic E-state index is -0.385. The van der Waals surface area contributed by atoms with Crippen LogP contribution in [0.3, 0.4) is 0 Å². The zero-order valence-electron chi connectivity index (χ0n) is 10.8. The normalized spacial score (nSPS) is 10.2. The number of hydrogen-bond acceptors (Lipinski definition) is 6. The van der Waals surface area contributed by atoms with Crippen LogP contribution in [0.25, 0.3) is 0 Å². The molecule has 0 atom stereocenters. The summed E-state index contributed by atoms with van der Waals surface area (Å²) in [5.41, 5.74) is 1.14. The Labute approximate surface area is 110 Å². The van der Waals surface area contributed by atoms with Crippen LogP contribution >= 0.6 is 0 Å². The van der Waals surface area contributed by atoms with Crippen LogP contribution in [0, 0.1) is 6.92 Å². The average molecular weight is 261 g/mol. The van der Waals surface area contributed by atoms with Crippen molar-refractivity contribution < 1.29 is 9.32 Å². The first-order chi connectivity index (χ1) is 9.19. The summed E-state index contributed by atoms with van der Waals surface area (Å²) in [6.45, 7) is 4.58. The van der Waals surface area contributed by atoms with Crippen molar-refractivity contribution in [2.45, 2.75) is 20.3 Å². The summed E-state index contributed by atoms with van der Waals surface area (Å²) in [6, 6.07) is 3.55. The fourth-order valence-electron chi connectivity index (χ4n) is 1.44. The summed E-state index contributed by atoms with van der Waals surface area (Å²) in [6.07, 6.45) is 2.58. The van der Waals surface area contributed by atoms with Crippen LogP contribution < -0.4 is 10.6 Å². The topological polar surface area (TPSA) is 92.9 Å². The molecule has 1 amide bonds. The van der Waals surface area contributed by atoms with E-state index in [2.05, 4.69) is 32.7 Å². The quantitative estimate of drug-likeness (QED) is 0.853. The predicted octanol–water partition coefficient (Wildman–Crippen LogP) is 1.85. The van der Waals surface area contributed by atoms with Crippen molar-refractivity contribution in [3.63, 3.8) is 0 Å². The second-order valence-corrected chi connectivity index (χ2v) is 3.96. The van der Waals surface area contributed by atoms with Crippen molar-refractivity contribution in [3.8, 4) is 0 Å². The second-order valence-electron chi connectivity index (χ2n) is 3.96. The molecule has 0 spiro atoms. The number of pyridine rings is 1. The largest absolute Gasteiger partial charge is 0.385 e. The summed E-state index contributed by atoms with van der Waals surface area (Å²) >= 11 is 0. The van der Waals surface area contributed by atoms with Crippen LogP contribution in [0.2, 0.25) is 0 Å². The third-order valence-corrected chi connectivity index (χ3v) is 2.32. The maximum atomic E-state index is 11.9. The Kier molecular flexibility index (Phi) is 4.07. The maximum absolute atomic E-state index is 11.9. The van der Waals surface area contributed by atoms with Gasteiger partial charge >= 0.3 is 6.01 Å². The average Bonchev–Trinajstić information content (AvgIpc) is 2.82. The summed E-state index contributed by atoms with van der Waals surface area (Å²) in [5, 5.41) is 9.27. The molecule has 0 aromatic carbocycles. The first kappa shape index (κ1) is 13.0. The lowest BCUT2D eigenvalue weighted by atomic mass is 10.3. The highest BCUT2D eigenvalue weighted by Crippen LogP contribution is 2.10. The molecule has 0 aliphatic carbocycles. The van der Waals surface area contributed by atoms with Crippen molar-refractivity contribution in [1.82, 2.24) is 15.1 Å². The molecule has 2 N–H and O–H groups in total. The van der Waals surface area contributed by atoms with Gasteiger partial charge in [0.2, 0.25) is 0 Å². The predicted molar refractivity (Wildman–Crippen MR) is 70.0 cm³/mol. The number of amides is 1. The molecule has 19 heavy (non-hydrogen) atoms. The number of aromatic nitrogens is 3. The highest BCUT2D eigenvalue weighted by Gasteiger charge is 2.12. The molecular formula is C12H15N5O2. The van der Waals surface area contributed by atoms with Crippen LogP contribution in [-0.2, 0) is 0 Å². The summed E-state index contributed by atoms with van der Waals surface area (Å²) in [4.78, 5) is 19.8. The summed E-state index contributed by atoms with van der Waals surface area (Å²) in [5.74, 6) is 0.0745. The van der Waals surface area contributed by atoms with Gasteiger partial charge in [-0.25, -0.2) is 0 Å². The van der Waals surface area contributed by atoms with Gasteiger partial charge in [-0.1, -0.05) is 12.1 Å². The van der Waals surface area contributed by atoms with Gasteiger partial charge in [0, 0.05) is 18.4 Å². The van der Waals surface area contributed by atoms with E-state index in [0.717, 1.165) is 18.7 Å². The van der Waals surface area contributed by atoms with Gasteiger partial charge in [0.15, 0.2) is 5.82 Å². The van der Waals surface area contributed by atoms with E-state index in [1.165, 1.54) is 0 Å². The Bertz CT molecular complexity index is 567. The molecule has 7 nitrogen and oxygen atoms in total. The second kappa shape index (κ2) is 5.94. The van der Waals surface area contributed by atoms with Crippen molar-refractivity contribution in [3.05, 3.63) is 29.8 Å². The van der Waals surface area contributed by atoms with Crippen LogP contribution in [0.5, 0.6) is 0 Å². The van der Waals surface area contributed by atoms with Gasteiger partial charge in [0.1, 0.15) is 5.69 Å². The molecule has 0 saturated heterocycles. The van der Waals surface area contributed by atoms with Crippen LogP contribution in [0.1, 0.15) is 29.7 Å². The Hall–Kier alpha value is -2.44. The number of carbonyl (C=O) groups excluding carboxylic acids is 1. The smallest absolute Gasteiger partial charge is 0.328 e. The molecule has 2 heterocycles. The zero-order chi connectivity index (χ0) is 13.7. The fraction of sp³-hybridized carbons (Fsp3) is 0.333. The number of hydrogen-bond donors (Lipinski definition) is 2. The number of anilines is 2. The number of nitrogens with zero attached hydrogens (tertiary/aromatic N) is 3. The first-order valence-electron chi connectivity index (χ1n) is 6.00. The molecule has 0 saturated carbocycles. The van der Waals surface area contributed by atoms with Crippen molar-refractivity contribution in [1.29, 1.82) is 0 Å². The third-order valence-electron chi connectivity index (χ3n) is 2.32. The van der Waals surface area contributed by atoms with E-state index in [9.17, 15) is 4.79 Å². The van der Waals surface area contributed by atoms with E-state index < -0.39 is 0 Å². The molecule has 7 heteroatoms. The molecule has 0 aliphatic heterocycles. The van der Waals surface area contributed by atoms with E-state index in [-0.39, 0.29) is 17.6 Å². The lowest BCUT2D eigenvalue weighted by Gasteiger charge is -2.05. The molecule has 2 rings (SSSR count). The fourth-order valence-corrected chi connectivity index (χ4v) is 1.44. The van der Waals surface area contributed by atoms with E-state index in [0.29, 0.717) is 5.82 Å². The molecule has 100 valence electrons. The van der Waals surface area contributed by atoms with Gasteiger partial charge in [0.25, 0.3) is 5.91 Å². The monoisotopic (exact) mass is 261 g/mol. The van der Waals surface area contributed by atoms with Gasteiger partial charge in [0.05, 0.1) is 0 Å². The van der Waals surface area contributed by atoms with Crippen molar-refractivity contribution in [2.75, 3.05) is 17.2 Å². The Morgan fingerprint density at radius 3 is 3.00 bits per heavy atom. The van der Waals surface area contributed by atoms with Crippen LogP contribution in [0.15, 0.2) is 22.9 Å². The minimum absolute atomic E-state index is 0.0659. The Morgan fingerprint density at radius 1 is 1.47 bits per heavy atom. The molecule has 0 radical (unpaired) electrons. The van der Waals surface area contributed by atoms with Crippen molar-refractivity contribution >= 4 is 17.6 Å². The molecule has 0 aliphatic rings. The Morgan fingerprint density at radius 2 is 2.32 bits per heavy atom. The number of rotatable bonds is 5. The van der Waals surface area contributed by atoms with Crippen LogP contribution in [-0.4, -0.2) is 27.6 Å². The van der Waals surface area contributed by atoms with Gasteiger partial charge in [-0.15, -0.1) is 0 Å². The van der Waals surface area contributed by atoms with Crippen molar-refractivity contribution in [2.24, 2.45) is 0 Å². The SMILES string of the molecule is CCCNc1ccnc(C(=O)Nc2nc(C)no2)c1. The van der Waals surface area contributed by atoms with E-state index in [1.54, 1.807) is 19.2 Å². The number of nitrogens with one attached hydrogen (secondary N) is 2. The summed E-state index contributed by atoms with van der Waals surface area (Å²) < 4.78 is 4.82. The standard InChI is InChI=1S/C12H15N5O2/c1-3-5-13-9-4-6-14-10(7-9)11(18)16-12-15-8(2)17-19-12/h4,6-7H,3,5H2,1-2H3,(H,13,14)(H,15,16,17,18). The summed E-state index contributed by atoms with van der Waals surface area (Å²) in [7, 11) is 0. The molecule has 2 aromatic rings. The lowest BCUT2D eigenvalue weighted by molar-refractivity contribution is 0.101. The van der Waals surface area contributed by atoms with E-state index in [4.69, 9.17) is 4.52 Å². The molecule has 0 fully saturated rings. The zero-order valence-corrected chi connectivity index (χ0v) is 10.8. The third kappa shape index (κ3) is 3.51. The molecular weight excluding hydrogens is 246 g/mol. The minimum Gasteiger partial charge on any atom is -0.385 e. The number of carbonyl (C=O) groups is 1. The van der Waals surface area contributed by atoms with Gasteiger partial charge in [-0.05, 0) is 25.5 Å². The first-order valence-corrected chi connectivity index (χ1v) is 6.00. The highest BCUT2D eigenvalue weighted by molar-refractivity contribution is 6.02. The number of aryl methyl sites for hydroxylation is 1. The van der Waals surface area contributed by atoms with Crippen LogP contribution in [0.4, 0.5) is 11.7 Å².